The molecule has 0 atom stereocenters. The molecular weight excluding hydrogens is 350 g/mol. The Morgan fingerprint density at radius 1 is 1.04 bits per heavy atom. The lowest BCUT2D eigenvalue weighted by Crippen LogP contribution is -2.37. The fourth-order valence-corrected chi connectivity index (χ4v) is 3.71. The van der Waals surface area contributed by atoms with E-state index in [9.17, 15) is 4.79 Å². The van der Waals surface area contributed by atoms with E-state index in [-0.39, 0.29) is 11.3 Å². The lowest BCUT2D eigenvalue weighted by Gasteiger charge is -2.25. The Bertz CT molecular complexity index is 1140. The minimum Gasteiger partial charge on any atom is -0.497 e. The second-order valence-electron chi connectivity index (χ2n) is 7.81. The third-order valence-corrected chi connectivity index (χ3v) is 5.37. The zero-order valence-electron chi connectivity index (χ0n) is 16.4. The molecule has 2 heterocycles. The van der Waals surface area contributed by atoms with E-state index in [1.54, 1.807) is 7.11 Å². The number of H-pyrrole nitrogens is 2. The number of ether oxygens (including phenoxy) is 1. The number of carbonyl (C=O) groups excluding carboxylic acids is 1. The second-order valence-corrected chi connectivity index (χ2v) is 7.81. The molecule has 0 saturated heterocycles. The predicted octanol–water partition coefficient (Wildman–Crippen LogP) is 4.29. The number of amides is 1. The predicted molar refractivity (Wildman–Crippen MR) is 113 cm³/mol. The highest BCUT2D eigenvalue weighted by Crippen LogP contribution is 2.32. The Balaban J connectivity index is 1.48. The number of carbonyl (C=O) groups is 1. The number of aromatic amines is 2. The first-order valence-electron chi connectivity index (χ1n) is 9.45. The van der Waals surface area contributed by atoms with Crippen molar-refractivity contribution in [3.8, 4) is 5.75 Å². The van der Waals surface area contributed by atoms with Crippen molar-refractivity contribution in [3.63, 3.8) is 0 Å². The highest BCUT2D eigenvalue weighted by Gasteiger charge is 2.25. The molecular formula is C23H25N3O2. The zero-order valence-corrected chi connectivity index (χ0v) is 16.4. The normalized spacial score (nSPS) is 11.8. The number of hydrogen-bond donors (Lipinski definition) is 3. The van der Waals surface area contributed by atoms with Crippen molar-refractivity contribution in [1.82, 2.24) is 15.3 Å². The van der Waals surface area contributed by atoms with Crippen LogP contribution in [0.2, 0.25) is 0 Å². The molecule has 0 bridgehead atoms. The van der Waals surface area contributed by atoms with Crippen LogP contribution in [0.25, 0.3) is 21.8 Å². The van der Waals surface area contributed by atoms with Crippen LogP contribution in [-0.4, -0.2) is 29.5 Å². The van der Waals surface area contributed by atoms with Crippen molar-refractivity contribution in [3.05, 3.63) is 66.0 Å². The molecule has 28 heavy (non-hydrogen) atoms. The molecule has 0 aliphatic rings. The standard InChI is InChI=1S/C23H25N3O2/c1-23(2,19-13-25-21-9-8-16(28-3)11-18(19)21)14-26-22(27)10-15-12-24-20-7-5-4-6-17(15)20/h4-9,11-13,24-25H,10,14H2,1-3H3,(H,26,27). The fourth-order valence-electron chi connectivity index (χ4n) is 3.71. The molecule has 0 fully saturated rings. The molecule has 0 aliphatic carbocycles. The molecule has 0 aliphatic heterocycles. The van der Waals surface area contributed by atoms with E-state index in [2.05, 4.69) is 29.1 Å². The molecule has 5 nitrogen and oxygen atoms in total. The van der Waals surface area contributed by atoms with Crippen LogP contribution in [-0.2, 0) is 16.6 Å². The summed E-state index contributed by atoms with van der Waals surface area (Å²) in [4.78, 5) is 19.1. The van der Waals surface area contributed by atoms with Gasteiger partial charge < -0.3 is 20.0 Å². The molecule has 4 rings (SSSR count). The minimum atomic E-state index is -0.222. The smallest absolute Gasteiger partial charge is 0.224 e. The summed E-state index contributed by atoms with van der Waals surface area (Å²) in [6.45, 7) is 4.83. The molecule has 5 heteroatoms. The quantitative estimate of drug-likeness (QED) is 0.470. The molecule has 2 aromatic carbocycles. The van der Waals surface area contributed by atoms with Crippen molar-refractivity contribution in [2.24, 2.45) is 0 Å². The number of methoxy groups -OCH3 is 1. The van der Waals surface area contributed by atoms with Gasteiger partial charge in [-0.3, -0.25) is 4.79 Å². The minimum absolute atomic E-state index is 0.0234. The number of rotatable bonds is 6. The number of aromatic nitrogens is 2. The zero-order chi connectivity index (χ0) is 19.7. The van der Waals surface area contributed by atoms with Gasteiger partial charge >= 0.3 is 0 Å². The Morgan fingerprint density at radius 2 is 1.79 bits per heavy atom. The topological polar surface area (TPSA) is 69.9 Å². The number of para-hydroxylation sites is 1. The van der Waals surface area contributed by atoms with Gasteiger partial charge in [0.1, 0.15) is 5.75 Å². The lowest BCUT2D eigenvalue weighted by atomic mass is 9.84. The van der Waals surface area contributed by atoms with Gasteiger partial charge in [0.05, 0.1) is 13.5 Å². The van der Waals surface area contributed by atoms with Crippen LogP contribution in [0.4, 0.5) is 0 Å². The summed E-state index contributed by atoms with van der Waals surface area (Å²) in [5.41, 5.74) is 4.07. The maximum absolute atomic E-state index is 12.6. The molecule has 0 spiro atoms. The maximum atomic E-state index is 12.6. The molecule has 144 valence electrons. The van der Waals surface area contributed by atoms with Gasteiger partial charge in [-0.1, -0.05) is 32.0 Å². The third-order valence-electron chi connectivity index (χ3n) is 5.37. The SMILES string of the molecule is COc1ccc2[nH]cc(C(C)(C)CNC(=O)Cc3c[nH]c4ccccc34)c2c1. The number of nitrogens with one attached hydrogen (secondary N) is 3. The summed E-state index contributed by atoms with van der Waals surface area (Å²) >= 11 is 0. The van der Waals surface area contributed by atoms with Crippen LogP contribution in [0.5, 0.6) is 5.75 Å². The summed E-state index contributed by atoms with van der Waals surface area (Å²) in [5, 5.41) is 5.33. The van der Waals surface area contributed by atoms with Gasteiger partial charge in [-0.25, -0.2) is 0 Å². The number of hydrogen-bond acceptors (Lipinski definition) is 2. The van der Waals surface area contributed by atoms with Crippen LogP contribution >= 0.6 is 0 Å². The van der Waals surface area contributed by atoms with E-state index < -0.39 is 0 Å². The summed E-state index contributed by atoms with van der Waals surface area (Å²) in [6, 6.07) is 14.0. The van der Waals surface area contributed by atoms with Gasteiger partial charge in [0.25, 0.3) is 0 Å². The van der Waals surface area contributed by atoms with E-state index in [0.29, 0.717) is 13.0 Å². The Morgan fingerprint density at radius 3 is 2.61 bits per heavy atom. The average molecular weight is 375 g/mol. The van der Waals surface area contributed by atoms with Gasteiger partial charge in [-0.15, -0.1) is 0 Å². The van der Waals surface area contributed by atoms with Gasteiger partial charge in [-0.2, -0.15) is 0 Å². The maximum Gasteiger partial charge on any atom is 0.224 e. The number of fused-ring (bicyclic) bond motifs is 2. The van der Waals surface area contributed by atoms with Crippen molar-refractivity contribution < 1.29 is 9.53 Å². The highest BCUT2D eigenvalue weighted by atomic mass is 16.5. The number of benzene rings is 2. The van der Waals surface area contributed by atoms with E-state index in [1.165, 1.54) is 0 Å². The molecule has 4 aromatic rings. The summed E-state index contributed by atoms with van der Waals surface area (Å²) in [7, 11) is 1.67. The monoisotopic (exact) mass is 375 g/mol. The molecule has 0 saturated carbocycles. The van der Waals surface area contributed by atoms with E-state index >= 15 is 0 Å². The van der Waals surface area contributed by atoms with Crippen LogP contribution in [0.15, 0.2) is 54.9 Å². The Labute approximate surface area is 164 Å². The summed E-state index contributed by atoms with van der Waals surface area (Å²) in [6.07, 6.45) is 4.30. The van der Waals surface area contributed by atoms with E-state index in [4.69, 9.17) is 4.74 Å². The van der Waals surface area contributed by atoms with Gasteiger partial charge in [-0.05, 0) is 35.4 Å². The first kappa shape index (κ1) is 18.2. The molecule has 0 radical (unpaired) electrons. The van der Waals surface area contributed by atoms with Crippen molar-refractivity contribution in [1.29, 1.82) is 0 Å². The summed E-state index contributed by atoms with van der Waals surface area (Å²) < 4.78 is 5.36. The van der Waals surface area contributed by atoms with E-state index in [1.807, 2.05) is 54.9 Å². The second kappa shape index (κ2) is 7.08. The van der Waals surface area contributed by atoms with Crippen molar-refractivity contribution in [2.75, 3.05) is 13.7 Å². The first-order chi connectivity index (χ1) is 13.5. The Hall–Kier alpha value is -3.21. The van der Waals surface area contributed by atoms with Gasteiger partial charge in [0.15, 0.2) is 0 Å². The molecule has 1 amide bonds. The fraction of sp³-hybridized carbons (Fsp3) is 0.261. The van der Waals surface area contributed by atoms with Crippen LogP contribution in [0.3, 0.4) is 0 Å². The molecule has 3 N–H and O–H groups in total. The first-order valence-corrected chi connectivity index (χ1v) is 9.45. The Kier molecular flexibility index (Phi) is 4.59. The summed E-state index contributed by atoms with van der Waals surface area (Å²) in [5.74, 6) is 0.850. The third kappa shape index (κ3) is 3.36. The molecule has 0 unspecified atom stereocenters. The van der Waals surface area contributed by atoms with Crippen molar-refractivity contribution in [2.45, 2.75) is 25.7 Å². The average Bonchev–Trinajstić information content (AvgIpc) is 3.31. The lowest BCUT2D eigenvalue weighted by molar-refractivity contribution is -0.120. The van der Waals surface area contributed by atoms with Gasteiger partial charge in [0.2, 0.25) is 5.91 Å². The van der Waals surface area contributed by atoms with Crippen LogP contribution in [0.1, 0.15) is 25.0 Å². The highest BCUT2D eigenvalue weighted by molar-refractivity contribution is 5.89. The van der Waals surface area contributed by atoms with Crippen molar-refractivity contribution >= 4 is 27.7 Å². The van der Waals surface area contributed by atoms with E-state index in [0.717, 1.165) is 38.7 Å². The van der Waals surface area contributed by atoms with Gasteiger partial charge in [0, 0.05) is 46.2 Å². The largest absolute Gasteiger partial charge is 0.497 e. The van der Waals surface area contributed by atoms with Crippen LogP contribution < -0.4 is 10.1 Å². The molecule has 2 aromatic heterocycles. The van der Waals surface area contributed by atoms with Crippen LogP contribution in [0, 0.1) is 0 Å².